The summed E-state index contributed by atoms with van der Waals surface area (Å²) < 4.78 is 2.01. The van der Waals surface area contributed by atoms with E-state index in [1.165, 1.54) is 5.56 Å². The van der Waals surface area contributed by atoms with Crippen molar-refractivity contribution >= 4 is 41.0 Å². The molecule has 0 unspecified atom stereocenters. The zero-order chi connectivity index (χ0) is 20.1. The molecule has 1 aromatic heterocycles. The van der Waals surface area contributed by atoms with E-state index in [9.17, 15) is 0 Å². The standard InChI is InChI=1S/C23H17Cl2N3S/c24-18-12-14-19(15-13-18)28-22(20-10-4-5-11-21(20)25)26-27-23(28)29-16-6-9-17-7-2-1-3-8-17/h1-15H,16H2. The minimum absolute atomic E-state index is 0.635. The Morgan fingerprint density at radius 3 is 2.31 bits per heavy atom. The van der Waals surface area contributed by atoms with Gasteiger partial charge in [-0.1, -0.05) is 89.6 Å². The van der Waals surface area contributed by atoms with Crippen LogP contribution in [-0.4, -0.2) is 20.5 Å². The van der Waals surface area contributed by atoms with Crippen molar-refractivity contribution in [1.82, 2.24) is 14.8 Å². The Morgan fingerprint density at radius 1 is 0.828 bits per heavy atom. The second-order valence-corrected chi connectivity index (χ2v) is 8.05. The highest BCUT2D eigenvalue weighted by molar-refractivity contribution is 7.99. The second kappa shape index (κ2) is 9.31. The first-order chi connectivity index (χ1) is 14.2. The number of benzene rings is 3. The Bertz CT molecular complexity index is 1120. The van der Waals surface area contributed by atoms with E-state index >= 15 is 0 Å². The molecule has 4 rings (SSSR count). The van der Waals surface area contributed by atoms with Gasteiger partial charge in [-0.3, -0.25) is 4.57 Å². The minimum atomic E-state index is 0.635. The van der Waals surface area contributed by atoms with Crippen molar-refractivity contribution in [3.8, 4) is 17.1 Å². The minimum Gasteiger partial charge on any atom is -0.270 e. The molecule has 0 saturated heterocycles. The summed E-state index contributed by atoms with van der Waals surface area (Å²) in [6, 6.07) is 25.5. The van der Waals surface area contributed by atoms with E-state index < -0.39 is 0 Å². The van der Waals surface area contributed by atoms with E-state index in [1.54, 1.807) is 11.8 Å². The molecule has 0 radical (unpaired) electrons. The van der Waals surface area contributed by atoms with Crippen LogP contribution in [0.4, 0.5) is 0 Å². The first kappa shape index (κ1) is 19.8. The van der Waals surface area contributed by atoms with Gasteiger partial charge in [0.05, 0.1) is 5.02 Å². The number of aromatic nitrogens is 3. The van der Waals surface area contributed by atoms with E-state index in [1.807, 2.05) is 71.3 Å². The van der Waals surface area contributed by atoms with Crippen molar-refractivity contribution in [2.75, 3.05) is 5.75 Å². The Labute approximate surface area is 184 Å². The second-order valence-electron chi connectivity index (χ2n) is 6.22. The van der Waals surface area contributed by atoms with Gasteiger partial charge in [-0.2, -0.15) is 0 Å². The molecule has 0 atom stereocenters. The molecule has 0 aliphatic carbocycles. The van der Waals surface area contributed by atoms with Crippen LogP contribution in [0.25, 0.3) is 23.2 Å². The molecule has 0 saturated carbocycles. The first-order valence-electron chi connectivity index (χ1n) is 9.03. The Kier molecular flexibility index (Phi) is 6.35. The fourth-order valence-electron chi connectivity index (χ4n) is 2.87. The quantitative estimate of drug-likeness (QED) is 0.302. The van der Waals surface area contributed by atoms with E-state index in [-0.39, 0.29) is 0 Å². The van der Waals surface area contributed by atoms with Gasteiger partial charge < -0.3 is 0 Å². The van der Waals surface area contributed by atoms with Crippen LogP contribution in [0.3, 0.4) is 0 Å². The van der Waals surface area contributed by atoms with Crippen LogP contribution in [0, 0.1) is 0 Å². The summed E-state index contributed by atoms with van der Waals surface area (Å²) in [5.41, 5.74) is 2.94. The number of thioether (sulfide) groups is 1. The zero-order valence-corrected chi connectivity index (χ0v) is 17.7. The molecule has 0 amide bonds. The van der Waals surface area contributed by atoms with Gasteiger partial charge in [0.2, 0.25) is 0 Å². The maximum Gasteiger partial charge on any atom is 0.196 e. The van der Waals surface area contributed by atoms with Crippen LogP contribution >= 0.6 is 35.0 Å². The van der Waals surface area contributed by atoms with E-state index in [2.05, 4.69) is 34.5 Å². The van der Waals surface area contributed by atoms with Crippen molar-refractivity contribution < 1.29 is 0 Å². The Hall–Kier alpha value is -2.53. The van der Waals surface area contributed by atoms with Gasteiger partial charge in [-0.25, -0.2) is 0 Å². The highest BCUT2D eigenvalue weighted by Gasteiger charge is 2.17. The van der Waals surface area contributed by atoms with Crippen LogP contribution in [-0.2, 0) is 0 Å². The molecule has 0 N–H and O–H groups in total. The number of hydrogen-bond acceptors (Lipinski definition) is 3. The lowest BCUT2D eigenvalue weighted by Crippen LogP contribution is -2.00. The van der Waals surface area contributed by atoms with Crippen molar-refractivity contribution in [2.45, 2.75) is 5.16 Å². The monoisotopic (exact) mass is 437 g/mol. The van der Waals surface area contributed by atoms with Crippen LogP contribution < -0.4 is 0 Å². The van der Waals surface area contributed by atoms with Gasteiger partial charge in [0.15, 0.2) is 11.0 Å². The number of hydrogen-bond donors (Lipinski definition) is 0. The molecule has 29 heavy (non-hydrogen) atoms. The van der Waals surface area contributed by atoms with Crippen LogP contribution in [0.1, 0.15) is 5.56 Å². The van der Waals surface area contributed by atoms with E-state index in [4.69, 9.17) is 23.2 Å². The largest absolute Gasteiger partial charge is 0.270 e. The number of rotatable bonds is 6. The average molecular weight is 438 g/mol. The maximum atomic E-state index is 6.43. The molecule has 3 aromatic carbocycles. The van der Waals surface area contributed by atoms with Gasteiger partial charge in [0, 0.05) is 22.0 Å². The lowest BCUT2D eigenvalue weighted by atomic mass is 10.2. The van der Waals surface area contributed by atoms with Crippen molar-refractivity contribution in [3.63, 3.8) is 0 Å². The fourth-order valence-corrected chi connectivity index (χ4v) is 3.98. The maximum absolute atomic E-state index is 6.43. The summed E-state index contributed by atoms with van der Waals surface area (Å²) in [6.45, 7) is 0. The summed E-state index contributed by atoms with van der Waals surface area (Å²) in [4.78, 5) is 0. The Balaban J connectivity index is 1.66. The molecule has 0 fully saturated rings. The third-order valence-corrected chi connectivity index (χ3v) is 5.71. The van der Waals surface area contributed by atoms with E-state index in [0.717, 1.165) is 22.2 Å². The number of halogens is 2. The van der Waals surface area contributed by atoms with Crippen LogP contribution in [0.5, 0.6) is 0 Å². The summed E-state index contributed by atoms with van der Waals surface area (Å²) in [7, 11) is 0. The molecule has 1 heterocycles. The molecule has 0 aliphatic rings. The average Bonchev–Trinajstić information content (AvgIpc) is 3.16. The van der Waals surface area contributed by atoms with Gasteiger partial charge in [-0.15, -0.1) is 10.2 Å². The predicted octanol–water partition coefficient (Wildman–Crippen LogP) is 7.05. The van der Waals surface area contributed by atoms with Gasteiger partial charge in [0.1, 0.15) is 0 Å². The Morgan fingerprint density at radius 2 is 1.55 bits per heavy atom. The van der Waals surface area contributed by atoms with Gasteiger partial charge >= 0.3 is 0 Å². The zero-order valence-electron chi connectivity index (χ0n) is 15.4. The molecule has 3 nitrogen and oxygen atoms in total. The molecule has 0 spiro atoms. The normalized spacial score (nSPS) is 11.2. The van der Waals surface area contributed by atoms with Crippen molar-refractivity contribution in [2.24, 2.45) is 0 Å². The summed E-state index contributed by atoms with van der Waals surface area (Å²) in [5.74, 6) is 1.47. The smallest absolute Gasteiger partial charge is 0.196 e. The summed E-state index contributed by atoms with van der Waals surface area (Å²) in [6.07, 6.45) is 4.22. The summed E-state index contributed by atoms with van der Waals surface area (Å²) >= 11 is 14.1. The van der Waals surface area contributed by atoms with Crippen LogP contribution in [0.2, 0.25) is 10.0 Å². The highest BCUT2D eigenvalue weighted by Crippen LogP contribution is 2.32. The van der Waals surface area contributed by atoms with Crippen molar-refractivity contribution in [3.05, 3.63) is 101 Å². The van der Waals surface area contributed by atoms with E-state index in [0.29, 0.717) is 15.9 Å². The SMILES string of the molecule is Clc1ccc(-n2c(SCC=Cc3ccccc3)nnc2-c2ccccc2Cl)cc1. The number of nitrogens with zero attached hydrogens (tertiary/aromatic N) is 3. The fraction of sp³-hybridized carbons (Fsp3) is 0.0435. The lowest BCUT2D eigenvalue weighted by molar-refractivity contribution is 0.888. The molecule has 0 bridgehead atoms. The van der Waals surface area contributed by atoms with Gasteiger partial charge in [0.25, 0.3) is 0 Å². The molecule has 0 aliphatic heterocycles. The topological polar surface area (TPSA) is 30.7 Å². The molecule has 144 valence electrons. The van der Waals surface area contributed by atoms with Gasteiger partial charge in [-0.05, 0) is 42.0 Å². The molecular weight excluding hydrogens is 421 g/mol. The van der Waals surface area contributed by atoms with Crippen molar-refractivity contribution in [1.29, 1.82) is 0 Å². The third kappa shape index (κ3) is 4.73. The molecule has 4 aromatic rings. The summed E-state index contributed by atoms with van der Waals surface area (Å²) in [5, 5.41) is 11.0. The predicted molar refractivity (Wildman–Crippen MR) is 123 cm³/mol. The van der Waals surface area contributed by atoms with Crippen LogP contribution in [0.15, 0.2) is 90.1 Å². The first-order valence-corrected chi connectivity index (χ1v) is 10.8. The highest BCUT2D eigenvalue weighted by atomic mass is 35.5. The molecular formula is C23H17Cl2N3S. The third-order valence-electron chi connectivity index (χ3n) is 4.25. The lowest BCUT2D eigenvalue weighted by Gasteiger charge is -2.11. The molecule has 6 heteroatoms.